The molecule has 0 radical (unpaired) electrons. The molecule has 3 rings (SSSR count). The van der Waals surface area contributed by atoms with Crippen LogP contribution in [0, 0.1) is 0 Å². The Labute approximate surface area is 132 Å². The maximum Gasteiger partial charge on any atom is 0.339 e. The third-order valence-electron chi connectivity index (χ3n) is 3.43. The molecule has 6 heteroatoms. The zero-order valence-electron chi connectivity index (χ0n) is 12.2. The SMILES string of the molecule is COc1ccc2ncc(C(=O)O)c(Nc3ccc([O-])cc3)c2c1. The molecule has 23 heavy (non-hydrogen) atoms. The van der Waals surface area contributed by atoms with Crippen molar-refractivity contribution in [2.45, 2.75) is 0 Å². The number of fused-ring (bicyclic) bond motifs is 1. The topological polar surface area (TPSA) is 94.5 Å². The Bertz CT molecular complexity index is 876. The average Bonchev–Trinajstić information content (AvgIpc) is 2.56. The summed E-state index contributed by atoms with van der Waals surface area (Å²) in [6.45, 7) is 0. The van der Waals surface area contributed by atoms with E-state index in [1.165, 1.54) is 25.4 Å². The largest absolute Gasteiger partial charge is 0.872 e. The summed E-state index contributed by atoms with van der Waals surface area (Å²) in [4.78, 5) is 15.7. The van der Waals surface area contributed by atoms with Gasteiger partial charge in [0.25, 0.3) is 0 Å². The predicted molar refractivity (Wildman–Crippen MR) is 84.4 cm³/mol. The molecule has 0 atom stereocenters. The second-order valence-electron chi connectivity index (χ2n) is 4.88. The van der Waals surface area contributed by atoms with Crippen LogP contribution in [0.3, 0.4) is 0 Å². The smallest absolute Gasteiger partial charge is 0.339 e. The van der Waals surface area contributed by atoms with Gasteiger partial charge < -0.3 is 20.3 Å². The monoisotopic (exact) mass is 309 g/mol. The number of hydrogen-bond donors (Lipinski definition) is 2. The van der Waals surface area contributed by atoms with Crippen LogP contribution >= 0.6 is 0 Å². The number of aromatic carboxylic acids is 1. The normalized spacial score (nSPS) is 10.5. The van der Waals surface area contributed by atoms with Gasteiger partial charge in [0, 0.05) is 17.3 Å². The number of methoxy groups -OCH3 is 1. The molecule has 0 aliphatic carbocycles. The molecule has 0 bridgehead atoms. The number of carboxylic acid groups (broad SMARTS) is 1. The Hall–Kier alpha value is -3.28. The summed E-state index contributed by atoms with van der Waals surface area (Å²) >= 11 is 0. The summed E-state index contributed by atoms with van der Waals surface area (Å²) in [5.74, 6) is -0.611. The lowest BCUT2D eigenvalue weighted by atomic mass is 10.1. The summed E-state index contributed by atoms with van der Waals surface area (Å²) < 4.78 is 5.20. The van der Waals surface area contributed by atoms with Crippen molar-refractivity contribution in [3.8, 4) is 11.5 Å². The Morgan fingerprint density at radius 1 is 1.22 bits per heavy atom. The minimum absolute atomic E-state index is 0.0388. The number of anilines is 2. The van der Waals surface area contributed by atoms with E-state index in [0.717, 1.165) is 0 Å². The highest BCUT2D eigenvalue weighted by Gasteiger charge is 2.15. The van der Waals surface area contributed by atoms with Crippen molar-refractivity contribution < 1.29 is 19.7 Å². The Morgan fingerprint density at radius 3 is 2.61 bits per heavy atom. The number of carbonyl (C=O) groups is 1. The van der Waals surface area contributed by atoms with Crippen molar-refractivity contribution in [3.05, 3.63) is 54.2 Å². The third kappa shape index (κ3) is 2.87. The van der Waals surface area contributed by atoms with Crippen LogP contribution in [0.4, 0.5) is 11.4 Å². The highest BCUT2D eigenvalue weighted by atomic mass is 16.5. The van der Waals surface area contributed by atoms with E-state index in [4.69, 9.17) is 4.74 Å². The molecular formula is C17H13N2O4-. The Morgan fingerprint density at radius 2 is 1.96 bits per heavy atom. The fourth-order valence-corrected chi connectivity index (χ4v) is 2.28. The number of rotatable bonds is 4. The van der Waals surface area contributed by atoms with Gasteiger partial charge >= 0.3 is 5.97 Å². The molecule has 0 aliphatic heterocycles. The maximum absolute atomic E-state index is 11.5. The van der Waals surface area contributed by atoms with E-state index in [9.17, 15) is 15.0 Å². The second kappa shape index (κ2) is 5.84. The number of nitrogens with zero attached hydrogens (tertiary/aromatic N) is 1. The van der Waals surface area contributed by atoms with E-state index in [2.05, 4.69) is 10.3 Å². The quantitative estimate of drug-likeness (QED) is 0.769. The summed E-state index contributed by atoms with van der Waals surface area (Å²) in [7, 11) is 1.54. The fraction of sp³-hybridized carbons (Fsp3) is 0.0588. The van der Waals surface area contributed by atoms with E-state index in [1.54, 1.807) is 30.3 Å². The molecule has 0 saturated heterocycles. The van der Waals surface area contributed by atoms with Crippen LogP contribution in [0.25, 0.3) is 10.9 Å². The fourth-order valence-electron chi connectivity index (χ4n) is 2.28. The molecule has 0 spiro atoms. The molecule has 3 aromatic rings. The molecule has 1 aromatic heterocycles. The van der Waals surface area contributed by atoms with Gasteiger partial charge in [0.1, 0.15) is 11.3 Å². The van der Waals surface area contributed by atoms with Gasteiger partial charge in [0.05, 0.1) is 18.3 Å². The van der Waals surface area contributed by atoms with Crippen LogP contribution in [0.15, 0.2) is 48.7 Å². The van der Waals surface area contributed by atoms with Gasteiger partial charge in [-0.2, -0.15) is 0 Å². The van der Waals surface area contributed by atoms with E-state index in [0.29, 0.717) is 28.0 Å². The van der Waals surface area contributed by atoms with Gasteiger partial charge in [-0.3, -0.25) is 4.98 Å². The lowest BCUT2D eigenvalue weighted by Crippen LogP contribution is -2.05. The Balaban J connectivity index is 2.19. The number of aromatic nitrogens is 1. The number of ether oxygens (including phenoxy) is 1. The lowest BCUT2D eigenvalue weighted by molar-refractivity contribution is -0.268. The predicted octanol–water partition coefficient (Wildman–Crippen LogP) is 2.76. The van der Waals surface area contributed by atoms with Crippen LogP contribution < -0.4 is 15.2 Å². The highest BCUT2D eigenvalue weighted by Crippen LogP contribution is 2.32. The minimum atomic E-state index is -1.09. The van der Waals surface area contributed by atoms with Crippen LogP contribution in [0.1, 0.15) is 10.4 Å². The first-order valence-corrected chi connectivity index (χ1v) is 6.82. The number of carboxylic acids is 1. The average molecular weight is 309 g/mol. The van der Waals surface area contributed by atoms with Gasteiger partial charge in [0.15, 0.2) is 0 Å². The van der Waals surface area contributed by atoms with Gasteiger partial charge in [-0.05, 0) is 30.3 Å². The van der Waals surface area contributed by atoms with Gasteiger partial charge in [0.2, 0.25) is 0 Å². The van der Waals surface area contributed by atoms with Gasteiger partial charge in [-0.25, -0.2) is 4.79 Å². The van der Waals surface area contributed by atoms with Crippen LogP contribution in [-0.4, -0.2) is 23.2 Å². The summed E-state index contributed by atoms with van der Waals surface area (Å²) in [6, 6.07) is 11.2. The van der Waals surface area contributed by atoms with E-state index in [-0.39, 0.29) is 11.3 Å². The van der Waals surface area contributed by atoms with Crippen molar-refractivity contribution >= 4 is 28.2 Å². The molecular weight excluding hydrogens is 296 g/mol. The van der Waals surface area contributed by atoms with Crippen molar-refractivity contribution in [2.75, 3.05) is 12.4 Å². The Kier molecular flexibility index (Phi) is 3.72. The molecule has 0 fully saturated rings. The number of hydrogen-bond acceptors (Lipinski definition) is 5. The summed E-state index contributed by atoms with van der Waals surface area (Å²) in [6.07, 6.45) is 1.31. The zero-order valence-corrected chi connectivity index (χ0v) is 12.2. The second-order valence-corrected chi connectivity index (χ2v) is 4.88. The molecule has 0 amide bonds. The molecule has 0 unspecified atom stereocenters. The standard InChI is InChI=1S/C17H14N2O4/c1-23-12-6-7-15-13(8-12)16(14(9-18-15)17(21)22)19-10-2-4-11(20)5-3-10/h2-9,20H,1H3,(H,18,19)(H,21,22)/p-1. The first-order valence-electron chi connectivity index (χ1n) is 6.82. The molecule has 0 saturated carbocycles. The summed E-state index contributed by atoms with van der Waals surface area (Å²) in [5, 5.41) is 24.3. The molecule has 2 aromatic carbocycles. The number of benzene rings is 2. The van der Waals surface area contributed by atoms with Crippen LogP contribution in [0.2, 0.25) is 0 Å². The zero-order chi connectivity index (χ0) is 16.4. The molecule has 2 N–H and O–H groups in total. The molecule has 6 nitrogen and oxygen atoms in total. The first kappa shape index (κ1) is 14.6. The van der Waals surface area contributed by atoms with Crippen LogP contribution in [-0.2, 0) is 0 Å². The van der Waals surface area contributed by atoms with E-state index < -0.39 is 5.97 Å². The summed E-state index contributed by atoms with van der Waals surface area (Å²) in [5.41, 5.74) is 1.69. The van der Waals surface area contributed by atoms with Crippen molar-refractivity contribution in [2.24, 2.45) is 0 Å². The van der Waals surface area contributed by atoms with Gasteiger partial charge in [-0.1, -0.05) is 12.1 Å². The lowest BCUT2D eigenvalue weighted by Gasteiger charge is -2.14. The molecule has 0 aliphatic rings. The van der Waals surface area contributed by atoms with E-state index >= 15 is 0 Å². The minimum Gasteiger partial charge on any atom is -0.872 e. The number of nitrogens with one attached hydrogen (secondary N) is 1. The molecule has 1 heterocycles. The highest BCUT2D eigenvalue weighted by molar-refractivity contribution is 6.05. The maximum atomic E-state index is 11.5. The number of pyridine rings is 1. The van der Waals surface area contributed by atoms with Crippen molar-refractivity contribution in [1.82, 2.24) is 4.98 Å². The third-order valence-corrected chi connectivity index (χ3v) is 3.43. The first-order chi connectivity index (χ1) is 11.1. The van der Waals surface area contributed by atoms with Crippen molar-refractivity contribution in [1.29, 1.82) is 0 Å². The van der Waals surface area contributed by atoms with Crippen molar-refractivity contribution in [3.63, 3.8) is 0 Å². The van der Waals surface area contributed by atoms with Crippen LogP contribution in [0.5, 0.6) is 11.5 Å². The molecule has 116 valence electrons. The van der Waals surface area contributed by atoms with Gasteiger partial charge in [-0.15, -0.1) is 5.75 Å². The van der Waals surface area contributed by atoms with E-state index in [1.807, 2.05) is 0 Å².